The van der Waals surface area contributed by atoms with Crippen LogP contribution in [0.1, 0.15) is 142 Å². The molecule has 0 heterocycles. The van der Waals surface area contributed by atoms with E-state index in [-0.39, 0.29) is 63.9 Å². The standard InChI is InChI=1S/2C12H24O2.O.Sn.Ti/c2*1-2-3-4-5-6-7-8-9-10-11-12(13)14;;;/h2*2-11H2,1H3,(H,13,14);;;/q;;-2;2*+4/p-2. The molecule has 0 aromatic heterocycles. The minimum Gasteiger partial charge on any atom is -2.00 e. The van der Waals surface area contributed by atoms with E-state index in [9.17, 15) is 19.8 Å². The quantitative estimate of drug-likeness (QED) is 0.152. The minimum atomic E-state index is -0.909. The molecule has 0 saturated carbocycles. The number of carbonyl (C=O) groups is 2. The Balaban J connectivity index is -0.000000133. The Bertz CT molecular complexity index is 312. The number of carboxylic acids is 2. The fourth-order valence-electron chi connectivity index (χ4n) is 3.16. The summed E-state index contributed by atoms with van der Waals surface area (Å²) in [4.78, 5) is 20.2. The van der Waals surface area contributed by atoms with Gasteiger partial charge in [0.25, 0.3) is 0 Å². The Kier molecular flexibility index (Phi) is 50.7. The molecule has 0 amide bonds. The maximum absolute atomic E-state index is 10.1. The van der Waals surface area contributed by atoms with Crippen molar-refractivity contribution in [1.82, 2.24) is 0 Å². The zero-order valence-electron chi connectivity index (χ0n) is 20.2. The van der Waals surface area contributed by atoms with Crippen molar-refractivity contribution < 1.29 is 47.0 Å². The smallest absolute Gasteiger partial charge is 2.00 e. The Morgan fingerprint density at radius 2 is 0.677 bits per heavy atom. The average Bonchev–Trinajstić information content (AvgIpc) is 2.65. The third kappa shape index (κ3) is 48.9. The molecule has 0 aromatic carbocycles. The van der Waals surface area contributed by atoms with Crippen LogP contribution in [-0.2, 0) is 36.8 Å². The van der Waals surface area contributed by atoms with Gasteiger partial charge in [-0.05, 0) is 25.7 Å². The van der Waals surface area contributed by atoms with E-state index in [1.165, 1.54) is 89.9 Å². The summed E-state index contributed by atoms with van der Waals surface area (Å²) >= 11 is 0. The fourth-order valence-corrected chi connectivity index (χ4v) is 3.16. The van der Waals surface area contributed by atoms with Gasteiger partial charge in [0.1, 0.15) is 0 Å². The third-order valence-electron chi connectivity index (χ3n) is 4.97. The van der Waals surface area contributed by atoms with Gasteiger partial charge >= 0.3 is 45.6 Å². The van der Waals surface area contributed by atoms with Gasteiger partial charge in [-0.25, -0.2) is 0 Å². The van der Waals surface area contributed by atoms with Crippen molar-refractivity contribution in [2.75, 3.05) is 0 Å². The zero-order valence-corrected chi connectivity index (χ0v) is 24.6. The van der Waals surface area contributed by atoms with E-state index in [2.05, 4.69) is 13.8 Å². The van der Waals surface area contributed by atoms with Crippen LogP contribution in [0.3, 0.4) is 0 Å². The van der Waals surface area contributed by atoms with Crippen LogP contribution in [-0.4, -0.2) is 35.8 Å². The fraction of sp³-hybridized carbons (Fsp3) is 0.917. The van der Waals surface area contributed by atoms with Gasteiger partial charge in [0.05, 0.1) is 0 Å². The van der Waals surface area contributed by atoms with Gasteiger partial charge in [-0.15, -0.1) is 0 Å². The van der Waals surface area contributed by atoms with Gasteiger partial charge < -0.3 is 25.3 Å². The molecule has 0 aliphatic rings. The van der Waals surface area contributed by atoms with Crippen molar-refractivity contribution in [2.45, 2.75) is 142 Å². The number of carbonyl (C=O) groups excluding carboxylic acids is 2. The van der Waals surface area contributed by atoms with Crippen LogP contribution in [0.15, 0.2) is 0 Å². The van der Waals surface area contributed by atoms with Crippen molar-refractivity contribution in [3.05, 3.63) is 0 Å². The monoisotopic (exact) mass is 582 g/mol. The summed E-state index contributed by atoms with van der Waals surface area (Å²) in [5.74, 6) is -1.82. The molecular weight excluding hydrogens is 535 g/mol. The molecule has 0 unspecified atom stereocenters. The topological polar surface area (TPSA) is 109 Å². The molecular formula is C24H46O5SnTi+4. The van der Waals surface area contributed by atoms with Gasteiger partial charge in [-0.1, -0.05) is 117 Å². The Morgan fingerprint density at radius 3 is 0.871 bits per heavy atom. The van der Waals surface area contributed by atoms with Crippen LogP contribution in [0.2, 0.25) is 0 Å². The maximum atomic E-state index is 10.1. The Labute approximate surface area is 224 Å². The van der Waals surface area contributed by atoms with Crippen molar-refractivity contribution in [2.24, 2.45) is 0 Å². The second-order valence-electron chi connectivity index (χ2n) is 7.90. The molecule has 0 bridgehead atoms. The number of unbranched alkanes of at least 4 members (excludes halogenated alkanes) is 16. The van der Waals surface area contributed by atoms with Crippen LogP contribution in [0.25, 0.3) is 0 Å². The number of carboxylic acid groups (broad SMARTS) is 2. The van der Waals surface area contributed by atoms with Crippen molar-refractivity contribution in [3.8, 4) is 0 Å². The summed E-state index contributed by atoms with van der Waals surface area (Å²) in [6, 6.07) is 0. The average molecular weight is 581 g/mol. The van der Waals surface area contributed by atoms with E-state index in [1.807, 2.05) is 0 Å². The Hall–Kier alpha value is 0.413. The largest absolute Gasteiger partial charge is 4.00 e. The summed E-state index contributed by atoms with van der Waals surface area (Å²) < 4.78 is 0. The summed E-state index contributed by atoms with van der Waals surface area (Å²) in [6.07, 6.45) is 22.3. The summed E-state index contributed by atoms with van der Waals surface area (Å²) in [5, 5.41) is 20.2. The molecule has 7 heteroatoms. The molecule has 0 rings (SSSR count). The molecule has 0 atom stereocenters. The van der Waals surface area contributed by atoms with E-state index in [0.29, 0.717) is 0 Å². The van der Waals surface area contributed by atoms with Crippen molar-refractivity contribution in [3.63, 3.8) is 0 Å². The molecule has 0 spiro atoms. The zero-order chi connectivity index (χ0) is 21.3. The first kappa shape index (κ1) is 41.6. The van der Waals surface area contributed by atoms with Gasteiger partial charge in [0.2, 0.25) is 0 Å². The minimum absolute atomic E-state index is 0. The van der Waals surface area contributed by atoms with Crippen molar-refractivity contribution in [1.29, 1.82) is 0 Å². The van der Waals surface area contributed by atoms with E-state index < -0.39 is 11.9 Å². The van der Waals surface area contributed by atoms with E-state index in [0.717, 1.165) is 25.7 Å². The molecule has 5 nitrogen and oxygen atoms in total. The van der Waals surface area contributed by atoms with E-state index >= 15 is 0 Å². The number of aliphatic carboxylic acids is 2. The normalized spacial score (nSPS) is 9.35. The predicted molar refractivity (Wildman–Crippen MR) is 120 cm³/mol. The van der Waals surface area contributed by atoms with Crippen LogP contribution in [0.4, 0.5) is 0 Å². The van der Waals surface area contributed by atoms with Gasteiger partial charge in [-0.2, -0.15) is 0 Å². The molecule has 0 saturated heterocycles. The van der Waals surface area contributed by atoms with E-state index in [1.54, 1.807) is 0 Å². The van der Waals surface area contributed by atoms with Crippen molar-refractivity contribution >= 4 is 35.8 Å². The molecule has 176 valence electrons. The summed E-state index contributed by atoms with van der Waals surface area (Å²) in [6.45, 7) is 4.44. The molecule has 0 radical (unpaired) electrons. The van der Waals surface area contributed by atoms with Crippen LogP contribution in [0.5, 0.6) is 0 Å². The molecule has 0 aliphatic heterocycles. The Morgan fingerprint density at radius 1 is 0.484 bits per heavy atom. The first-order valence-corrected chi connectivity index (χ1v) is 11.9. The molecule has 31 heavy (non-hydrogen) atoms. The van der Waals surface area contributed by atoms with E-state index in [4.69, 9.17) is 0 Å². The SMILES string of the molecule is CCCCCCCCCCCC(=O)[O-].CCCCCCCCCCCC(=O)[O-].[O-2].[Sn+4].[Ti+4]. The first-order valence-electron chi connectivity index (χ1n) is 11.9. The second kappa shape index (κ2) is 37.7. The second-order valence-corrected chi connectivity index (χ2v) is 7.90. The molecule has 0 aliphatic carbocycles. The number of hydrogen-bond acceptors (Lipinski definition) is 4. The first-order chi connectivity index (χ1) is 13.5. The number of rotatable bonds is 20. The van der Waals surface area contributed by atoms with Crippen LogP contribution >= 0.6 is 0 Å². The van der Waals surface area contributed by atoms with Crippen LogP contribution in [0, 0.1) is 0 Å². The number of hydrogen-bond donors (Lipinski definition) is 0. The predicted octanol–water partition coefficient (Wildman–Crippen LogP) is 4.81. The summed E-state index contributed by atoms with van der Waals surface area (Å²) in [5.41, 5.74) is 0. The van der Waals surface area contributed by atoms with Gasteiger partial charge in [0, 0.05) is 11.9 Å². The molecule has 0 N–H and O–H groups in total. The van der Waals surface area contributed by atoms with Gasteiger partial charge in [0.15, 0.2) is 0 Å². The summed E-state index contributed by atoms with van der Waals surface area (Å²) in [7, 11) is 0. The molecule has 0 fully saturated rings. The van der Waals surface area contributed by atoms with Crippen LogP contribution < -0.4 is 10.2 Å². The maximum Gasteiger partial charge on any atom is 4.00 e. The van der Waals surface area contributed by atoms with Gasteiger partial charge in [-0.3, -0.25) is 0 Å². The third-order valence-corrected chi connectivity index (χ3v) is 4.97. The molecule has 0 aromatic rings.